The molecule has 0 atom stereocenters. The molecule has 0 aliphatic carbocycles. The molecule has 134 valence electrons. The lowest BCUT2D eigenvalue weighted by Gasteiger charge is -2.18. The van der Waals surface area contributed by atoms with E-state index >= 15 is 0 Å². The minimum Gasteiger partial charge on any atom is -0.385 e. The first-order valence-electron chi connectivity index (χ1n) is 8.33. The summed E-state index contributed by atoms with van der Waals surface area (Å²) in [5.41, 5.74) is 2.35. The molecule has 0 unspecified atom stereocenters. The van der Waals surface area contributed by atoms with Gasteiger partial charge < -0.3 is 15.0 Å². The largest absolute Gasteiger partial charge is 0.385 e. The van der Waals surface area contributed by atoms with Gasteiger partial charge in [0, 0.05) is 51.9 Å². The van der Waals surface area contributed by atoms with Gasteiger partial charge in [-0.15, -0.1) is 0 Å². The maximum absolute atomic E-state index is 12.2. The predicted octanol–water partition coefficient (Wildman–Crippen LogP) is 1.63. The summed E-state index contributed by atoms with van der Waals surface area (Å²) in [6.07, 6.45) is 5.19. The predicted molar refractivity (Wildman–Crippen MR) is 96.8 cm³/mol. The third kappa shape index (κ3) is 6.11. The number of anilines is 1. The standard InChI is InChI=1S/C18H25N5O2/c1-14-13-16(17(24)20-8-4-12-25-3)22-18(21-14)23(2)11-7-15-5-9-19-10-6-15/h5-6,9-10,13H,4,7-8,11-12H2,1-3H3,(H,20,24). The van der Waals surface area contributed by atoms with E-state index in [4.69, 9.17) is 4.74 Å². The van der Waals surface area contributed by atoms with E-state index in [0.717, 1.165) is 25.1 Å². The van der Waals surface area contributed by atoms with Crippen molar-refractivity contribution in [2.45, 2.75) is 19.8 Å². The zero-order chi connectivity index (χ0) is 18.1. The third-order valence-electron chi connectivity index (χ3n) is 3.71. The maximum atomic E-state index is 12.2. The molecule has 0 spiro atoms. The van der Waals surface area contributed by atoms with Gasteiger partial charge in [0.1, 0.15) is 5.69 Å². The number of carbonyl (C=O) groups excluding carboxylic acids is 1. The average molecular weight is 343 g/mol. The number of rotatable bonds is 9. The Kier molecular flexibility index (Phi) is 7.28. The molecule has 7 nitrogen and oxygen atoms in total. The second-order valence-electron chi connectivity index (χ2n) is 5.82. The smallest absolute Gasteiger partial charge is 0.270 e. The summed E-state index contributed by atoms with van der Waals surface area (Å²) in [5, 5.41) is 2.85. The summed E-state index contributed by atoms with van der Waals surface area (Å²) >= 11 is 0. The van der Waals surface area contributed by atoms with Crippen LogP contribution in [0.2, 0.25) is 0 Å². The molecule has 0 aliphatic heterocycles. The molecule has 1 amide bonds. The molecule has 0 aromatic carbocycles. The molecule has 0 saturated heterocycles. The highest BCUT2D eigenvalue weighted by atomic mass is 16.5. The van der Waals surface area contributed by atoms with Crippen molar-refractivity contribution in [3.63, 3.8) is 0 Å². The van der Waals surface area contributed by atoms with Crippen LogP contribution in [0.4, 0.5) is 5.95 Å². The summed E-state index contributed by atoms with van der Waals surface area (Å²) in [7, 11) is 3.57. The second kappa shape index (κ2) is 9.68. The normalized spacial score (nSPS) is 10.5. The summed E-state index contributed by atoms with van der Waals surface area (Å²) in [6, 6.07) is 5.68. The van der Waals surface area contributed by atoms with E-state index in [1.807, 2.05) is 31.0 Å². The number of nitrogens with zero attached hydrogens (tertiary/aromatic N) is 4. The van der Waals surface area contributed by atoms with Crippen molar-refractivity contribution in [2.24, 2.45) is 0 Å². The second-order valence-corrected chi connectivity index (χ2v) is 5.82. The van der Waals surface area contributed by atoms with Crippen LogP contribution in [-0.4, -0.2) is 54.7 Å². The molecule has 2 aromatic rings. The highest BCUT2D eigenvalue weighted by Crippen LogP contribution is 2.10. The number of hydrogen-bond acceptors (Lipinski definition) is 6. The molecular weight excluding hydrogens is 318 g/mol. The van der Waals surface area contributed by atoms with Crippen molar-refractivity contribution in [3.8, 4) is 0 Å². The molecule has 25 heavy (non-hydrogen) atoms. The van der Waals surface area contributed by atoms with Crippen LogP contribution in [0, 0.1) is 6.92 Å². The minimum atomic E-state index is -0.189. The van der Waals surface area contributed by atoms with Gasteiger partial charge >= 0.3 is 0 Å². The third-order valence-corrected chi connectivity index (χ3v) is 3.71. The Morgan fingerprint density at radius 1 is 1.28 bits per heavy atom. The fourth-order valence-electron chi connectivity index (χ4n) is 2.30. The van der Waals surface area contributed by atoms with Crippen LogP contribution in [-0.2, 0) is 11.2 Å². The van der Waals surface area contributed by atoms with Crippen molar-refractivity contribution in [1.82, 2.24) is 20.3 Å². The fourth-order valence-corrected chi connectivity index (χ4v) is 2.30. The van der Waals surface area contributed by atoms with Crippen LogP contribution in [0.3, 0.4) is 0 Å². The van der Waals surface area contributed by atoms with Gasteiger partial charge in [0.15, 0.2) is 0 Å². The number of likely N-dealkylation sites (N-methyl/N-ethyl adjacent to an activating group) is 1. The van der Waals surface area contributed by atoms with E-state index in [1.54, 1.807) is 25.6 Å². The molecule has 0 radical (unpaired) electrons. The van der Waals surface area contributed by atoms with E-state index in [9.17, 15) is 4.79 Å². The van der Waals surface area contributed by atoms with Gasteiger partial charge in [-0.1, -0.05) is 0 Å². The first kappa shape index (κ1) is 18.8. The zero-order valence-electron chi connectivity index (χ0n) is 15.0. The Morgan fingerprint density at radius 2 is 2.04 bits per heavy atom. The molecule has 7 heteroatoms. The number of methoxy groups -OCH3 is 1. The van der Waals surface area contributed by atoms with Crippen LogP contribution in [0.25, 0.3) is 0 Å². The zero-order valence-corrected chi connectivity index (χ0v) is 15.0. The molecular formula is C18H25N5O2. The topological polar surface area (TPSA) is 80.2 Å². The summed E-state index contributed by atoms with van der Waals surface area (Å²) < 4.78 is 4.97. The highest BCUT2D eigenvalue weighted by Gasteiger charge is 2.12. The van der Waals surface area contributed by atoms with Crippen LogP contribution >= 0.6 is 0 Å². The van der Waals surface area contributed by atoms with Gasteiger partial charge in [0.25, 0.3) is 5.91 Å². The number of amides is 1. The molecule has 2 rings (SSSR count). The van der Waals surface area contributed by atoms with E-state index in [1.165, 1.54) is 5.56 Å². The number of pyridine rings is 1. The van der Waals surface area contributed by atoms with Gasteiger partial charge in [-0.2, -0.15) is 0 Å². The van der Waals surface area contributed by atoms with Crippen molar-refractivity contribution in [1.29, 1.82) is 0 Å². The van der Waals surface area contributed by atoms with Crippen molar-refractivity contribution in [3.05, 3.63) is 47.5 Å². The number of carbonyl (C=O) groups is 1. The van der Waals surface area contributed by atoms with Crippen LogP contribution in [0.5, 0.6) is 0 Å². The van der Waals surface area contributed by atoms with Crippen LogP contribution in [0.1, 0.15) is 28.2 Å². The van der Waals surface area contributed by atoms with Gasteiger partial charge in [0.2, 0.25) is 5.95 Å². The van der Waals surface area contributed by atoms with Crippen molar-refractivity contribution < 1.29 is 9.53 Å². The van der Waals surface area contributed by atoms with Crippen LogP contribution < -0.4 is 10.2 Å². The van der Waals surface area contributed by atoms with E-state index < -0.39 is 0 Å². The fraction of sp³-hybridized carbons (Fsp3) is 0.444. The number of ether oxygens (including phenoxy) is 1. The lowest BCUT2D eigenvalue weighted by molar-refractivity contribution is 0.0943. The number of aromatic nitrogens is 3. The monoisotopic (exact) mass is 343 g/mol. The molecule has 2 aromatic heterocycles. The summed E-state index contributed by atoms with van der Waals surface area (Å²) in [6.45, 7) is 3.79. The Bertz CT molecular complexity index is 678. The molecule has 0 aliphatic rings. The maximum Gasteiger partial charge on any atom is 0.270 e. The highest BCUT2D eigenvalue weighted by molar-refractivity contribution is 5.92. The Balaban J connectivity index is 1.98. The first-order chi connectivity index (χ1) is 12.1. The quantitative estimate of drug-likeness (QED) is 0.697. The lowest BCUT2D eigenvalue weighted by Crippen LogP contribution is -2.28. The lowest BCUT2D eigenvalue weighted by atomic mass is 10.2. The Labute approximate surface area is 148 Å². The molecule has 0 fully saturated rings. The molecule has 1 N–H and O–H groups in total. The van der Waals surface area contributed by atoms with E-state index in [-0.39, 0.29) is 5.91 Å². The SMILES string of the molecule is COCCCNC(=O)c1cc(C)nc(N(C)CCc2ccncc2)n1. The number of hydrogen-bond donors (Lipinski definition) is 1. The van der Waals surface area contributed by atoms with E-state index in [0.29, 0.717) is 24.8 Å². The van der Waals surface area contributed by atoms with Crippen molar-refractivity contribution >= 4 is 11.9 Å². The minimum absolute atomic E-state index is 0.189. The number of aryl methyl sites for hydroxylation is 1. The summed E-state index contributed by atoms with van der Waals surface area (Å²) in [5.74, 6) is 0.362. The van der Waals surface area contributed by atoms with Crippen molar-refractivity contribution in [2.75, 3.05) is 38.8 Å². The molecule has 0 bridgehead atoms. The molecule has 2 heterocycles. The van der Waals surface area contributed by atoms with Gasteiger partial charge in [-0.3, -0.25) is 9.78 Å². The Morgan fingerprint density at radius 3 is 2.76 bits per heavy atom. The summed E-state index contributed by atoms with van der Waals surface area (Å²) in [4.78, 5) is 27.1. The van der Waals surface area contributed by atoms with Crippen LogP contribution in [0.15, 0.2) is 30.6 Å². The van der Waals surface area contributed by atoms with Gasteiger partial charge in [-0.25, -0.2) is 9.97 Å². The molecule has 0 saturated carbocycles. The Hall–Kier alpha value is -2.54. The average Bonchev–Trinajstić information content (AvgIpc) is 2.63. The first-order valence-corrected chi connectivity index (χ1v) is 8.33. The van der Waals surface area contributed by atoms with Gasteiger partial charge in [0.05, 0.1) is 0 Å². The number of nitrogens with one attached hydrogen (secondary N) is 1. The van der Waals surface area contributed by atoms with Gasteiger partial charge in [-0.05, 0) is 43.5 Å². The van der Waals surface area contributed by atoms with E-state index in [2.05, 4.69) is 20.3 Å².